The van der Waals surface area contributed by atoms with Crippen LogP contribution in [-0.2, 0) is 21.8 Å². The van der Waals surface area contributed by atoms with Crippen molar-refractivity contribution >= 4 is 15.9 Å². The van der Waals surface area contributed by atoms with Crippen molar-refractivity contribution in [1.82, 2.24) is 19.0 Å². The minimum atomic E-state index is -3.36. The number of nitrogens with zero attached hydrogens (tertiary/aromatic N) is 4. The number of carbonyl (C=O) groups is 1. The number of rotatable bonds is 5. The number of amides is 1. The summed E-state index contributed by atoms with van der Waals surface area (Å²) in [5.74, 6) is -0.454. The van der Waals surface area contributed by atoms with Crippen LogP contribution in [0.3, 0.4) is 0 Å². The van der Waals surface area contributed by atoms with E-state index in [2.05, 4.69) is 5.10 Å². The molecule has 0 aliphatic carbocycles. The Balaban J connectivity index is 1.71. The second-order valence-corrected chi connectivity index (χ2v) is 9.75. The number of halogens is 2. The second kappa shape index (κ2) is 7.68. The molecule has 1 aromatic heterocycles. The Labute approximate surface area is 163 Å². The number of carbonyl (C=O) groups excluding carboxylic acids is 1. The maximum atomic E-state index is 13.2. The zero-order valence-electron chi connectivity index (χ0n) is 16.3. The van der Waals surface area contributed by atoms with E-state index in [1.165, 1.54) is 28.5 Å². The summed E-state index contributed by atoms with van der Waals surface area (Å²) in [6.07, 6.45) is 1.62. The first-order chi connectivity index (χ1) is 13.1. The van der Waals surface area contributed by atoms with E-state index in [1.54, 1.807) is 12.0 Å². The standard InChI is InChI=1S/C17H26F2N4O4S/c1-21-9-13(14(20-21)15(18)19)16(24)22-6-4-17(5-7-22)8-12(10-27-2)23(11-17)28(3,25)26/h9,12,15H,4-8,10-11H2,1-3H3. The molecule has 0 radical (unpaired) electrons. The molecule has 0 bridgehead atoms. The van der Waals surface area contributed by atoms with Gasteiger partial charge in [-0.25, -0.2) is 17.2 Å². The quantitative estimate of drug-likeness (QED) is 0.716. The molecule has 158 valence electrons. The molecule has 0 saturated carbocycles. The number of sulfonamides is 1. The molecule has 1 aromatic rings. The van der Waals surface area contributed by atoms with Gasteiger partial charge >= 0.3 is 0 Å². The van der Waals surface area contributed by atoms with Gasteiger partial charge in [0.1, 0.15) is 5.69 Å². The number of piperidine rings is 1. The van der Waals surface area contributed by atoms with Crippen LogP contribution in [0.15, 0.2) is 6.20 Å². The van der Waals surface area contributed by atoms with Gasteiger partial charge in [-0.3, -0.25) is 9.48 Å². The van der Waals surface area contributed by atoms with Crippen LogP contribution in [-0.4, -0.2) is 79.0 Å². The van der Waals surface area contributed by atoms with Gasteiger partial charge in [-0.05, 0) is 24.7 Å². The largest absolute Gasteiger partial charge is 0.383 e. The SMILES string of the molecule is COCC1CC2(CCN(C(=O)c3cn(C)nc3C(F)F)CC2)CN1S(C)(=O)=O. The van der Waals surface area contributed by atoms with Gasteiger partial charge in [0.15, 0.2) is 0 Å². The van der Waals surface area contributed by atoms with Crippen molar-refractivity contribution in [1.29, 1.82) is 0 Å². The molecule has 1 spiro atoms. The molecule has 0 aromatic carbocycles. The highest BCUT2D eigenvalue weighted by molar-refractivity contribution is 7.88. The summed E-state index contributed by atoms with van der Waals surface area (Å²) < 4.78 is 58.5. The first-order valence-electron chi connectivity index (χ1n) is 9.13. The summed E-state index contributed by atoms with van der Waals surface area (Å²) in [4.78, 5) is 14.3. The molecule has 3 rings (SSSR count). The Morgan fingerprint density at radius 2 is 2.04 bits per heavy atom. The maximum Gasteiger partial charge on any atom is 0.282 e. The first-order valence-corrected chi connectivity index (χ1v) is 11.0. The summed E-state index contributed by atoms with van der Waals surface area (Å²) in [6, 6.07) is -0.217. The Bertz CT molecular complexity index is 834. The molecule has 8 nitrogen and oxygen atoms in total. The van der Waals surface area contributed by atoms with Crippen LogP contribution >= 0.6 is 0 Å². The Morgan fingerprint density at radius 1 is 1.39 bits per heavy atom. The minimum absolute atomic E-state index is 0.0742. The lowest BCUT2D eigenvalue weighted by atomic mass is 9.76. The summed E-state index contributed by atoms with van der Waals surface area (Å²) in [5, 5.41) is 3.70. The molecule has 0 N–H and O–H groups in total. The van der Waals surface area contributed by atoms with Crippen molar-refractivity contribution in [2.24, 2.45) is 12.5 Å². The topological polar surface area (TPSA) is 84.7 Å². The van der Waals surface area contributed by atoms with Crippen LogP contribution in [0.25, 0.3) is 0 Å². The lowest BCUT2D eigenvalue weighted by Gasteiger charge is -2.39. The van der Waals surface area contributed by atoms with Crippen molar-refractivity contribution in [3.8, 4) is 0 Å². The number of likely N-dealkylation sites (tertiary alicyclic amines) is 1. The Kier molecular flexibility index (Phi) is 5.79. The van der Waals surface area contributed by atoms with E-state index in [-0.39, 0.29) is 17.0 Å². The van der Waals surface area contributed by atoms with Crippen LogP contribution in [0, 0.1) is 5.41 Å². The van der Waals surface area contributed by atoms with E-state index in [4.69, 9.17) is 4.74 Å². The number of hydrogen-bond acceptors (Lipinski definition) is 5. The van der Waals surface area contributed by atoms with Gasteiger partial charge in [-0.15, -0.1) is 0 Å². The summed E-state index contributed by atoms with van der Waals surface area (Å²) >= 11 is 0. The van der Waals surface area contributed by atoms with E-state index >= 15 is 0 Å². The predicted octanol–water partition coefficient (Wildman–Crippen LogP) is 1.26. The fraction of sp³-hybridized carbons (Fsp3) is 0.765. The van der Waals surface area contributed by atoms with E-state index in [9.17, 15) is 22.0 Å². The molecule has 1 unspecified atom stereocenters. The lowest BCUT2D eigenvalue weighted by Crippen LogP contribution is -2.44. The number of alkyl halides is 2. The third-order valence-corrected chi connectivity index (χ3v) is 7.04. The summed E-state index contributed by atoms with van der Waals surface area (Å²) in [5.41, 5.74) is -0.796. The van der Waals surface area contributed by atoms with Crippen LogP contribution in [0.2, 0.25) is 0 Å². The number of aromatic nitrogens is 2. The molecule has 1 amide bonds. The van der Waals surface area contributed by atoms with Crippen molar-refractivity contribution in [2.75, 3.05) is 39.6 Å². The van der Waals surface area contributed by atoms with Gasteiger partial charge in [-0.2, -0.15) is 9.40 Å². The van der Waals surface area contributed by atoms with Crippen molar-refractivity contribution in [3.05, 3.63) is 17.5 Å². The molecule has 28 heavy (non-hydrogen) atoms. The predicted molar refractivity (Wildman–Crippen MR) is 97.6 cm³/mol. The number of ether oxygens (including phenoxy) is 1. The molecule has 11 heteroatoms. The average Bonchev–Trinajstić information content (AvgIpc) is 3.17. The minimum Gasteiger partial charge on any atom is -0.383 e. The van der Waals surface area contributed by atoms with Gasteiger partial charge in [0.05, 0.1) is 18.4 Å². The van der Waals surface area contributed by atoms with Gasteiger partial charge in [0.2, 0.25) is 10.0 Å². The highest BCUT2D eigenvalue weighted by Crippen LogP contribution is 2.44. The van der Waals surface area contributed by atoms with Gasteiger partial charge < -0.3 is 9.64 Å². The van der Waals surface area contributed by atoms with E-state index in [1.807, 2.05) is 0 Å². The average molecular weight is 420 g/mol. The number of methoxy groups -OCH3 is 1. The maximum absolute atomic E-state index is 13.2. The fourth-order valence-electron chi connectivity index (χ4n) is 4.40. The van der Waals surface area contributed by atoms with Crippen LogP contribution in [0.1, 0.15) is 41.7 Å². The molecule has 3 heterocycles. The summed E-state index contributed by atoms with van der Waals surface area (Å²) in [6.45, 7) is 1.52. The van der Waals surface area contributed by atoms with Gasteiger partial charge in [0, 0.05) is 46.0 Å². The smallest absolute Gasteiger partial charge is 0.282 e. The molecular weight excluding hydrogens is 394 g/mol. The highest BCUT2D eigenvalue weighted by Gasteiger charge is 2.49. The zero-order chi connectivity index (χ0) is 20.7. The van der Waals surface area contributed by atoms with E-state index in [0.29, 0.717) is 45.5 Å². The van der Waals surface area contributed by atoms with Crippen LogP contribution in [0.5, 0.6) is 0 Å². The van der Waals surface area contributed by atoms with Crippen LogP contribution < -0.4 is 0 Å². The zero-order valence-corrected chi connectivity index (χ0v) is 17.1. The van der Waals surface area contributed by atoms with Crippen molar-refractivity contribution < 1.29 is 26.7 Å². The van der Waals surface area contributed by atoms with Gasteiger partial charge in [-0.1, -0.05) is 0 Å². The third kappa shape index (κ3) is 4.06. The van der Waals surface area contributed by atoms with E-state index < -0.39 is 28.0 Å². The molecule has 2 aliphatic rings. The lowest BCUT2D eigenvalue weighted by molar-refractivity contribution is 0.0585. The number of hydrogen-bond donors (Lipinski definition) is 0. The Hall–Kier alpha value is -1.59. The molecular formula is C17H26F2N4O4S. The number of aryl methyl sites for hydroxylation is 1. The van der Waals surface area contributed by atoms with Crippen LogP contribution in [0.4, 0.5) is 8.78 Å². The fourth-order valence-corrected chi connectivity index (χ4v) is 5.58. The summed E-state index contributed by atoms with van der Waals surface area (Å²) in [7, 11) is -0.311. The first kappa shape index (κ1) is 21.1. The third-order valence-electron chi connectivity index (χ3n) is 5.76. The molecule has 2 saturated heterocycles. The van der Waals surface area contributed by atoms with Crippen molar-refractivity contribution in [3.63, 3.8) is 0 Å². The molecule has 1 atom stereocenters. The molecule has 2 fully saturated rings. The van der Waals surface area contributed by atoms with E-state index in [0.717, 1.165) is 0 Å². The monoisotopic (exact) mass is 420 g/mol. The normalized spacial score (nSPS) is 23.1. The Morgan fingerprint density at radius 3 is 2.57 bits per heavy atom. The van der Waals surface area contributed by atoms with Gasteiger partial charge in [0.25, 0.3) is 12.3 Å². The van der Waals surface area contributed by atoms with Crippen molar-refractivity contribution in [2.45, 2.75) is 31.7 Å². The molecule has 2 aliphatic heterocycles. The second-order valence-electron chi connectivity index (χ2n) is 7.82. The highest BCUT2D eigenvalue weighted by atomic mass is 32.2.